The Bertz CT molecular complexity index is 653. The predicted molar refractivity (Wildman–Crippen MR) is 88.6 cm³/mol. The first-order chi connectivity index (χ1) is 10.8. The first kappa shape index (κ1) is 16.2. The molecule has 1 amide bonds. The summed E-state index contributed by atoms with van der Waals surface area (Å²) in [5.74, 6) is -0.118. The van der Waals surface area contributed by atoms with Gasteiger partial charge in [0.1, 0.15) is 5.69 Å². The van der Waals surface area contributed by atoms with Crippen molar-refractivity contribution in [1.29, 1.82) is 0 Å². The van der Waals surface area contributed by atoms with E-state index in [2.05, 4.69) is 15.3 Å². The van der Waals surface area contributed by atoms with Gasteiger partial charge in [0.2, 0.25) is 0 Å². The average Bonchev–Trinajstić information content (AvgIpc) is 2.92. The van der Waals surface area contributed by atoms with E-state index in [1.54, 1.807) is 6.07 Å². The van der Waals surface area contributed by atoms with Crippen LogP contribution in [0.3, 0.4) is 0 Å². The fourth-order valence-corrected chi connectivity index (χ4v) is 3.66. The summed E-state index contributed by atoms with van der Waals surface area (Å²) in [7, 11) is 0. The number of aromatic nitrogens is 2. The molecule has 6 heteroatoms. The van der Waals surface area contributed by atoms with Crippen LogP contribution in [0.25, 0.3) is 0 Å². The van der Waals surface area contributed by atoms with Gasteiger partial charge in [0.05, 0.1) is 0 Å². The molecule has 0 unspecified atom stereocenters. The minimum absolute atomic E-state index is 0.118. The van der Waals surface area contributed by atoms with Gasteiger partial charge in [-0.3, -0.25) is 4.79 Å². The van der Waals surface area contributed by atoms with Crippen LogP contribution in [0.2, 0.25) is 0 Å². The normalized spacial score (nSPS) is 25.1. The number of hydrogen-bond donors (Lipinski definition) is 2. The van der Waals surface area contributed by atoms with Crippen LogP contribution < -0.4 is 11.0 Å². The van der Waals surface area contributed by atoms with E-state index in [-0.39, 0.29) is 22.4 Å². The van der Waals surface area contributed by atoms with E-state index in [1.807, 2.05) is 25.7 Å². The molecule has 3 rings (SSSR count). The van der Waals surface area contributed by atoms with E-state index in [0.717, 1.165) is 44.7 Å². The number of nitrogens with zero attached hydrogens (tertiary/aromatic N) is 2. The van der Waals surface area contributed by atoms with Gasteiger partial charge in [-0.1, -0.05) is 20.8 Å². The smallest absolute Gasteiger partial charge is 0.337 e. The summed E-state index contributed by atoms with van der Waals surface area (Å²) in [4.78, 5) is 33.3. The summed E-state index contributed by atoms with van der Waals surface area (Å²) in [5, 5.41) is 3.41. The summed E-state index contributed by atoms with van der Waals surface area (Å²) in [5.41, 5.74) is 0.546. The summed E-state index contributed by atoms with van der Waals surface area (Å²) in [6.07, 6.45) is 3.30. The Morgan fingerprint density at radius 2 is 2.13 bits per heavy atom. The van der Waals surface area contributed by atoms with Crippen LogP contribution in [0.5, 0.6) is 0 Å². The maximum absolute atomic E-state index is 12.9. The second-order valence-corrected chi connectivity index (χ2v) is 7.99. The number of piperidine rings is 1. The third kappa shape index (κ3) is 3.32. The van der Waals surface area contributed by atoms with Crippen molar-refractivity contribution in [2.45, 2.75) is 45.4 Å². The fraction of sp³-hybridized carbons (Fsp3) is 0.706. The number of aromatic amines is 1. The highest BCUT2D eigenvalue weighted by Gasteiger charge is 2.39. The summed E-state index contributed by atoms with van der Waals surface area (Å²) >= 11 is 0. The summed E-state index contributed by atoms with van der Waals surface area (Å²) in [6, 6.07) is 1.73. The lowest BCUT2D eigenvalue weighted by molar-refractivity contribution is 0.0547. The molecule has 1 aromatic heterocycles. The van der Waals surface area contributed by atoms with Crippen molar-refractivity contribution in [3.05, 3.63) is 27.9 Å². The molecule has 2 fully saturated rings. The van der Waals surface area contributed by atoms with Gasteiger partial charge >= 0.3 is 5.69 Å². The van der Waals surface area contributed by atoms with E-state index < -0.39 is 5.69 Å². The van der Waals surface area contributed by atoms with E-state index in [1.165, 1.54) is 6.42 Å². The number of rotatable bonds is 1. The molecule has 1 aromatic rings. The molecule has 126 valence electrons. The second kappa shape index (κ2) is 5.74. The number of carbonyl (C=O) groups excluding carboxylic acids is 1. The number of amides is 1. The SMILES string of the molecule is CC(C)(C)c1cc(C(=O)N2CCC[C@]3(CCNC3)C2)nc(=O)[nH]1. The highest BCUT2D eigenvalue weighted by molar-refractivity contribution is 5.92. The van der Waals surface area contributed by atoms with Crippen LogP contribution >= 0.6 is 0 Å². The molecule has 2 aliphatic rings. The van der Waals surface area contributed by atoms with Crippen LogP contribution in [0.4, 0.5) is 0 Å². The zero-order valence-corrected chi connectivity index (χ0v) is 14.2. The molecular formula is C17H26N4O2. The lowest BCUT2D eigenvalue weighted by Crippen LogP contribution is -2.47. The van der Waals surface area contributed by atoms with Crippen LogP contribution in [0, 0.1) is 5.41 Å². The Kier molecular flexibility index (Phi) is 4.04. The zero-order valence-electron chi connectivity index (χ0n) is 14.2. The van der Waals surface area contributed by atoms with E-state index >= 15 is 0 Å². The average molecular weight is 318 g/mol. The lowest BCUT2D eigenvalue weighted by atomic mass is 9.79. The maximum Gasteiger partial charge on any atom is 0.345 e. The maximum atomic E-state index is 12.9. The van der Waals surface area contributed by atoms with Gasteiger partial charge in [-0.25, -0.2) is 4.79 Å². The van der Waals surface area contributed by atoms with Crippen LogP contribution in [0.1, 0.15) is 56.2 Å². The van der Waals surface area contributed by atoms with E-state index in [4.69, 9.17) is 0 Å². The molecule has 0 aromatic carbocycles. The number of nitrogens with one attached hydrogen (secondary N) is 2. The van der Waals surface area contributed by atoms with Gasteiger partial charge in [0.25, 0.3) is 5.91 Å². The molecule has 0 saturated carbocycles. The van der Waals surface area contributed by atoms with Crippen molar-refractivity contribution >= 4 is 5.91 Å². The van der Waals surface area contributed by atoms with Crippen LogP contribution in [0.15, 0.2) is 10.9 Å². The molecule has 3 heterocycles. The fourth-order valence-electron chi connectivity index (χ4n) is 3.66. The molecule has 1 spiro atoms. The third-order valence-corrected chi connectivity index (χ3v) is 5.05. The Hall–Kier alpha value is -1.69. The van der Waals surface area contributed by atoms with E-state index in [9.17, 15) is 9.59 Å². The molecule has 0 bridgehead atoms. The van der Waals surface area contributed by atoms with Gasteiger partial charge < -0.3 is 15.2 Å². The summed E-state index contributed by atoms with van der Waals surface area (Å²) in [6.45, 7) is 9.54. The number of H-pyrrole nitrogens is 1. The molecule has 6 nitrogen and oxygen atoms in total. The third-order valence-electron chi connectivity index (χ3n) is 5.05. The Balaban J connectivity index is 1.85. The van der Waals surface area contributed by atoms with Crippen molar-refractivity contribution in [1.82, 2.24) is 20.2 Å². The molecule has 0 aliphatic carbocycles. The lowest BCUT2D eigenvalue weighted by Gasteiger charge is -2.39. The molecule has 2 saturated heterocycles. The minimum atomic E-state index is -0.449. The van der Waals surface area contributed by atoms with Crippen molar-refractivity contribution in [3.63, 3.8) is 0 Å². The first-order valence-electron chi connectivity index (χ1n) is 8.41. The standard InChI is InChI=1S/C17H26N4O2/c1-16(2,3)13-9-12(19-15(23)20-13)14(22)21-8-4-5-17(11-21)6-7-18-10-17/h9,18H,4-8,10-11H2,1-3H3,(H,19,20,23)/t17-/m1/s1. The van der Waals surface area contributed by atoms with Crippen LogP contribution in [-0.4, -0.2) is 47.0 Å². The molecule has 2 aliphatic heterocycles. The molecule has 0 radical (unpaired) electrons. The topological polar surface area (TPSA) is 78.1 Å². The number of carbonyl (C=O) groups is 1. The van der Waals surface area contributed by atoms with E-state index in [0.29, 0.717) is 0 Å². The summed E-state index contributed by atoms with van der Waals surface area (Å²) < 4.78 is 0. The molecular weight excluding hydrogens is 292 g/mol. The highest BCUT2D eigenvalue weighted by Crippen LogP contribution is 2.35. The highest BCUT2D eigenvalue weighted by atomic mass is 16.2. The molecule has 1 atom stereocenters. The molecule has 2 N–H and O–H groups in total. The second-order valence-electron chi connectivity index (χ2n) is 7.99. The largest absolute Gasteiger partial charge is 0.345 e. The molecule has 23 heavy (non-hydrogen) atoms. The van der Waals surface area contributed by atoms with Crippen molar-refractivity contribution < 1.29 is 4.79 Å². The Morgan fingerprint density at radius 1 is 1.35 bits per heavy atom. The predicted octanol–water partition coefficient (Wildman–Crippen LogP) is 1.28. The van der Waals surface area contributed by atoms with Crippen LogP contribution in [-0.2, 0) is 5.41 Å². The Morgan fingerprint density at radius 3 is 2.78 bits per heavy atom. The van der Waals surface area contributed by atoms with Gasteiger partial charge in [0, 0.05) is 36.2 Å². The van der Waals surface area contributed by atoms with Crippen molar-refractivity contribution in [3.8, 4) is 0 Å². The monoisotopic (exact) mass is 318 g/mol. The van der Waals surface area contributed by atoms with Crippen molar-refractivity contribution in [2.24, 2.45) is 5.41 Å². The van der Waals surface area contributed by atoms with Gasteiger partial charge in [-0.05, 0) is 31.9 Å². The quantitative estimate of drug-likeness (QED) is 0.818. The number of hydrogen-bond acceptors (Lipinski definition) is 4. The number of likely N-dealkylation sites (tertiary alicyclic amines) is 1. The van der Waals surface area contributed by atoms with Gasteiger partial charge in [-0.2, -0.15) is 4.98 Å². The zero-order chi connectivity index (χ0) is 16.7. The van der Waals surface area contributed by atoms with Gasteiger partial charge in [-0.15, -0.1) is 0 Å². The minimum Gasteiger partial charge on any atom is -0.337 e. The first-order valence-corrected chi connectivity index (χ1v) is 8.41. The Labute approximate surface area is 136 Å². The van der Waals surface area contributed by atoms with Gasteiger partial charge in [0.15, 0.2) is 0 Å². The van der Waals surface area contributed by atoms with Crippen molar-refractivity contribution in [2.75, 3.05) is 26.2 Å².